The topological polar surface area (TPSA) is 58.6 Å². The van der Waals surface area contributed by atoms with Gasteiger partial charge < -0.3 is 9.84 Å². The van der Waals surface area contributed by atoms with Gasteiger partial charge in [-0.1, -0.05) is 32.0 Å². The monoisotopic (exact) mass is 251 g/mol. The maximum Gasteiger partial charge on any atom is 0.323 e. The van der Waals surface area contributed by atoms with Gasteiger partial charge in [-0.2, -0.15) is 0 Å². The van der Waals surface area contributed by atoms with Crippen molar-refractivity contribution >= 4 is 5.97 Å². The minimum absolute atomic E-state index is 0.457. The van der Waals surface area contributed by atoms with Crippen LogP contribution >= 0.6 is 0 Å². The number of hydrogen-bond donors (Lipinski definition) is 2. The lowest BCUT2D eigenvalue weighted by Gasteiger charge is -2.28. The molecule has 0 radical (unpaired) electrons. The van der Waals surface area contributed by atoms with E-state index in [0.717, 1.165) is 5.75 Å². The average molecular weight is 251 g/mol. The number of carboxylic acids is 1. The molecule has 0 aliphatic rings. The molecule has 0 atom stereocenters. The smallest absolute Gasteiger partial charge is 0.323 e. The van der Waals surface area contributed by atoms with E-state index in [9.17, 15) is 9.90 Å². The number of para-hydroxylation sites is 1. The average Bonchev–Trinajstić information content (AvgIpc) is 2.40. The van der Waals surface area contributed by atoms with Crippen LogP contribution in [-0.2, 0) is 4.79 Å². The summed E-state index contributed by atoms with van der Waals surface area (Å²) in [6.45, 7) is 4.73. The summed E-state index contributed by atoms with van der Waals surface area (Å²) in [4.78, 5) is 11.2. The van der Waals surface area contributed by atoms with Crippen LogP contribution in [0.15, 0.2) is 30.3 Å². The predicted octanol–water partition coefficient (Wildman–Crippen LogP) is 2.30. The van der Waals surface area contributed by atoms with Gasteiger partial charge in [0, 0.05) is 6.54 Å². The Balaban J connectivity index is 2.38. The van der Waals surface area contributed by atoms with Crippen LogP contribution in [0.25, 0.3) is 0 Å². The molecule has 4 nitrogen and oxygen atoms in total. The van der Waals surface area contributed by atoms with Crippen molar-refractivity contribution in [2.75, 3.05) is 13.2 Å². The molecule has 0 aliphatic heterocycles. The molecule has 0 heterocycles. The minimum atomic E-state index is -0.833. The molecule has 2 N–H and O–H groups in total. The Morgan fingerprint density at radius 3 is 2.39 bits per heavy atom. The Hall–Kier alpha value is -1.55. The van der Waals surface area contributed by atoms with E-state index in [1.807, 2.05) is 44.2 Å². The van der Waals surface area contributed by atoms with Gasteiger partial charge in [0.1, 0.15) is 17.9 Å². The molecule has 100 valence electrons. The van der Waals surface area contributed by atoms with Gasteiger partial charge in [0.25, 0.3) is 0 Å². The first kappa shape index (κ1) is 14.5. The fraction of sp³-hybridized carbons (Fsp3) is 0.500. The molecule has 0 amide bonds. The summed E-state index contributed by atoms with van der Waals surface area (Å²) in [6.07, 6.45) is 1.12. The number of carboxylic acid groups (broad SMARTS) is 1. The molecule has 0 bridgehead atoms. The molecule has 0 aromatic heterocycles. The van der Waals surface area contributed by atoms with E-state index in [1.165, 1.54) is 0 Å². The van der Waals surface area contributed by atoms with E-state index in [1.54, 1.807) is 0 Å². The third kappa shape index (κ3) is 3.74. The van der Waals surface area contributed by atoms with Crippen LogP contribution in [0.4, 0.5) is 0 Å². The van der Waals surface area contributed by atoms with Crippen molar-refractivity contribution in [3.8, 4) is 5.75 Å². The lowest BCUT2D eigenvalue weighted by atomic mass is 9.93. The van der Waals surface area contributed by atoms with Crippen LogP contribution in [0.2, 0.25) is 0 Å². The predicted molar refractivity (Wildman–Crippen MR) is 70.9 cm³/mol. The number of ether oxygens (including phenoxy) is 1. The normalized spacial score (nSPS) is 11.2. The molecule has 18 heavy (non-hydrogen) atoms. The van der Waals surface area contributed by atoms with Crippen molar-refractivity contribution in [1.29, 1.82) is 0 Å². The summed E-state index contributed by atoms with van der Waals surface area (Å²) in [7, 11) is 0. The summed E-state index contributed by atoms with van der Waals surface area (Å²) in [5.74, 6) is 0.000401. The van der Waals surface area contributed by atoms with Gasteiger partial charge in [-0.05, 0) is 25.0 Å². The number of benzene rings is 1. The standard InChI is InChI=1S/C14H21NO3/c1-3-14(4-2,13(16)17)15-10-11-18-12-8-6-5-7-9-12/h5-9,15H,3-4,10-11H2,1-2H3,(H,16,17). The zero-order valence-corrected chi connectivity index (χ0v) is 11.0. The Morgan fingerprint density at radius 2 is 1.89 bits per heavy atom. The molecule has 0 saturated carbocycles. The fourth-order valence-electron chi connectivity index (χ4n) is 1.85. The highest BCUT2D eigenvalue weighted by molar-refractivity contribution is 5.78. The maximum absolute atomic E-state index is 11.2. The number of aliphatic carboxylic acids is 1. The Labute approximate surface area is 108 Å². The highest BCUT2D eigenvalue weighted by atomic mass is 16.5. The zero-order valence-electron chi connectivity index (χ0n) is 11.0. The highest BCUT2D eigenvalue weighted by Crippen LogP contribution is 2.15. The van der Waals surface area contributed by atoms with E-state index in [2.05, 4.69) is 5.32 Å². The third-order valence-corrected chi connectivity index (χ3v) is 3.19. The Morgan fingerprint density at radius 1 is 1.28 bits per heavy atom. The number of rotatable bonds is 8. The van der Waals surface area contributed by atoms with Gasteiger partial charge in [0.2, 0.25) is 0 Å². The molecule has 0 unspecified atom stereocenters. The Bertz CT molecular complexity index is 361. The molecular formula is C14H21NO3. The van der Waals surface area contributed by atoms with E-state index < -0.39 is 11.5 Å². The van der Waals surface area contributed by atoms with Crippen molar-refractivity contribution in [1.82, 2.24) is 5.32 Å². The second kappa shape index (κ2) is 7.01. The van der Waals surface area contributed by atoms with Crippen molar-refractivity contribution in [2.24, 2.45) is 0 Å². The van der Waals surface area contributed by atoms with E-state index >= 15 is 0 Å². The summed E-state index contributed by atoms with van der Waals surface area (Å²) in [6, 6.07) is 9.49. The van der Waals surface area contributed by atoms with Gasteiger partial charge in [-0.15, -0.1) is 0 Å². The van der Waals surface area contributed by atoms with Crippen LogP contribution in [0.1, 0.15) is 26.7 Å². The largest absolute Gasteiger partial charge is 0.492 e. The molecule has 0 aliphatic carbocycles. The van der Waals surface area contributed by atoms with Crippen molar-refractivity contribution in [3.63, 3.8) is 0 Å². The molecule has 4 heteroatoms. The van der Waals surface area contributed by atoms with Gasteiger partial charge in [0.15, 0.2) is 0 Å². The van der Waals surface area contributed by atoms with Gasteiger partial charge >= 0.3 is 5.97 Å². The van der Waals surface area contributed by atoms with Gasteiger partial charge in [0.05, 0.1) is 0 Å². The summed E-state index contributed by atoms with van der Waals surface area (Å²) in [5, 5.41) is 12.3. The number of carbonyl (C=O) groups is 1. The first-order chi connectivity index (χ1) is 8.64. The first-order valence-corrected chi connectivity index (χ1v) is 6.31. The van der Waals surface area contributed by atoms with E-state index in [0.29, 0.717) is 26.0 Å². The first-order valence-electron chi connectivity index (χ1n) is 6.31. The molecule has 1 aromatic rings. The van der Waals surface area contributed by atoms with Gasteiger partial charge in [-0.3, -0.25) is 10.1 Å². The van der Waals surface area contributed by atoms with Crippen molar-refractivity contribution in [3.05, 3.63) is 30.3 Å². The molecular weight excluding hydrogens is 230 g/mol. The maximum atomic E-state index is 11.2. The summed E-state index contributed by atoms with van der Waals surface area (Å²) >= 11 is 0. The molecule has 0 spiro atoms. The molecule has 1 rings (SSSR count). The lowest BCUT2D eigenvalue weighted by molar-refractivity contribution is -0.145. The SMILES string of the molecule is CCC(CC)(NCCOc1ccccc1)C(=O)O. The zero-order chi connectivity index (χ0) is 13.4. The quantitative estimate of drug-likeness (QED) is 0.696. The second-order valence-electron chi connectivity index (χ2n) is 4.18. The minimum Gasteiger partial charge on any atom is -0.492 e. The van der Waals surface area contributed by atoms with Crippen molar-refractivity contribution in [2.45, 2.75) is 32.2 Å². The fourth-order valence-corrected chi connectivity index (χ4v) is 1.85. The number of hydrogen-bond acceptors (Lipinski definition) is 3. The molecule has 1 aromatic carbocycles. The summed E-state index contributed by atoms with van der Waals surface area (Å²) in [5.41, 5.74) is -0.833. The van der Waals surface area contributed by atoms with Crippen LogP contribution in [0, 0.1) is 0 Å². The summed E-state index contributed by atoms with van der Waals surface area (Å²) < 4.78 is 5.51. The Kier molecular flexibility index (Phi) is 5.65. The molecule has 0 saturated heterocycles. The number of nitrogens with one attached hydrogen (secondary N) is 1. The van der Waals surface area contributed by atoms with Crippen molar-refractivity contribution < 1.29 is 14.6 Å². The van der Waals surface area contributed by atoms with Crippen LogP contribution in [0.5, 0.6) is 5.75 Å². The lowest BCUT2D eigenvalue weighted by Crippen LogP contribution is -2.52. The highest BCUT2D eigenvalue weighted by Gasteiger charge is 2.33. The van der Waals surface area contributed by atoms with Crippen LogP contribution in [-0.4, -0.2) is 29.8 Å². The third-order valence-electron chi connectivity index (χ3n) is 3.19. The second-order valence-corrected chi connectivity index (χ2v) is 4.18. The molecule has 0 fully saturated rings. The van der Waals surface area contributed by atoms with E-state index in [4.69, 9.17) is 4.74 Å². The van der Waals surface area contributed by atoms with Crippen LogP contribution in [0.3, 0.4) is 0 Å². The van der Waals surface area contributed by atoms with E-state index in [-0.39, 0.29) is 0 Å². The van der Waals surface area contributed by atoms with Gasteiger partial charge in [-0.25, -0.2) is 0 Å². The van der Waals surface area contributed by atoms with Crippen LogP contribution < -0.4 is 10.1 Å².